The van der Waals surface area contributed by atoms with Gasteiger partial charge in [-0.2, -0.15) is 0 Å². The lowest BCUT2D eigenvalue weighted by Crippen LogP contribution is -2.44. The summed E-state index contributed by atoms with van der Waals surface area (Å²) in [6.07, 6.45) is 1.20. The van der Waals surface area contributed by atoms with Crippen LogP contribution in [0.5, 0.6) is 0 Å². The smallest absolute Gasteiger partial charge is 0.408 e. The number of benzene rings is 1. The Labute approximate surface area is 156 Å². The number of para-hydroxylation sites is 1. The van der Waals surface area contributed by atoms with E-state index in [1.165, 1.54) is 0 Å². The molecule has 2 aromatic rings. The lowest BCUT2D eigenvalue weighted by molar-refractivity contribution is -0.139. The van der Waals surface area contributed by atoms with E-state index >= 15 is 0 Å². The summed E-state index contributed by atoms with van der Waals surface area (Å²) < 4.78 is 5.10. The highest BCUT2D eigenvalue weighted by atomic mass is 16.6. The molecule has 9 nitrogen and oxygen atoms in total. The number of amides is 1. The Kier molecular flexibility index (Phi) is 7.79. The first-order chi connectivity index (χ1) is 12.5. The molecular weight excluding hydrogens is 354 g/mol. The van der Waals surface area contributed by atoms with E-state index in [1.54, 1.807) is 27.0 Å². The average molecular weight is 379 g/mol. The molecule has 1 aromatic carbocycles. The topological polar surface area (TPSA) is 155 Å². The number of aromatic nitrogens is 1. The largest absolute Gasteiger partial charge is 0.480 e. The lowest BCUT2D eigenvalue weighted by atomic mass is 10.1. The van der Waals surface area contributed by atoms with Gasteiger partial charge in [-0.25, -0.2) is 9.59 Å². The molecule has 0 saturated heterocycles. The van der Waals surface area contributed by atoms with E-state index in [1.807, 2.05) is 24.3 Å². The molecule has 0 bridgehead atoms. The first-order valence-corrected chi connectivity index (χ1v) is 8.22. The number of aromatic amines is 1. The first-order valence-electron chi connectivity index (χ1n) is 8.22. The zero-order valence-electron chi connectivity index (χ0n) is 15.5. The predicted molar refractivity (Wildman–Crippen MR) is 99.5 cm³/mol. The number of nitrogens with one attached hydrogen (secondary N) is 2. The fourth-order valence-electron chi connectivity index (χ4n) is 2.17. The third-order valence-electron chi connectivity index (χ3n) is 3.26. The lowest BCUT2D eigenvalue weighted by Gasteiger charge is -2.21. The average Bonchev–Trinajstić information content (AvgIpc) is 2.96. The summed E-state index contributed by atoms with van der Waals surface area (Å²) in [6, 6.07) is 6.56. The van der Waals surface area contributed by atoms with Crippen molar-refractivity contribution in [2.75, 3.05) is 6.54 Å². The molecule has 1 heterocycles. The van der Waals surface area contributed by atoms with Crippen LogP contribution in [-0.2, 0) is 20.7 Å². The first kappa shape index (κ1) is 22.0. The molecule has 27 heavy (non-hydrogen) atoms. The highest BCUT2D eigenvalue weighted by molar-refractivity contribution is 5.85. The summed E-state index contributed by atoms with van der Waals surface area (Å²) >= 11 is 0. The molecule has 0 aliphatic rings. The van der Waals surface area contributed by atoms with Crippen molar-refractivity contribution in [2.24, 2.45) is 5.73 Å². The fourth-order valence-corrected chi connectivity index (χ4v) is 2.17. The minimum atomic E-state index is -1.10. The Morgan fingerprint density at radius 1 is 1.22 bits per heavy atom. The second kappa shape index (κ2) is 9.58. The van der Waals surface area contributed by atoms with Gasteiger partial charge in [-0.05, 0) is 32.4 Å². The molecule has 0 spiro atoms. The highest BCUT2D eigenvalue weighted by Gasteiger charge is 2.25. The number of carbonyl (C=O) groups is 3. The van der Waals surface area contributed by atoms with Crippen LogP contribution in [0.1, 0.15) is 26.3 Å². The van der Waals surface area contributed by atoms with Crippen molar-refractivity contribution < 1.29 is 29.3 Å². The van der Waals surface area contributed by atoms with Gasteiger partial charge in [-0.15, -0.1) is 0 Å². The summed E-state index contributed by atoms with van der Waals surface area (Å²) in [7, 11) is 0. The summed E-state index contributed by atoms with van der Waals surface area (Å²) in [4.78, 5) is 35.5. The maximum atomic E-state index is 11.8. The van der Waals surface area contributed by atoms with Crippen LogP contribution in [0.25, 0.3) is 10.9 Å². The van der Waals surface area contributed by atoms with Crippen LogP contribution in [0.15, 0.2) is 30.5 Å². The molecule has 148 valence electrons. The van der Waals surface area contributed by atoms with Gasteiger partial charge in [0.15, 0.2) is 0 Å². The van der Waals surface area contributed by atoms with Crippen LogP contribution in [0.4, 0.5) is 4.79 Å². The number of H-pyrrole nitrogens is 1. The minimum Gasteiger partial charge on any atom is -0.480 e. The Hall–Kier alpha value is -3.07. The second-order valence-electron chi connectivity index (χ2n) is 6.70. The highest BCUT2D eigenvalue weighted by Crippen LogP contribution is 2.19. The number of alkyl carbamates (subject to hydrolysis) is 1. The quantitative estimate of drug-likeness (QED) is 0.529. The normalized spacial score (nSPS) is 11.9. The summed E-state index contributed by atoms with van der Waals surface area (Å²) in [5.74, 6) is -2.07. The van der Waals surface area contributed by atoms with Crippen LogP contribution in [0.3, 0.4) is 0 Å². The van der Waals surface area contributed by atoms with E-state index in [9.17, 15) is 19.5 Å². The van der Waals surface area contributed by atoms with Gasteiger partial charge in [0, 0.05) is 23.5 Å². The maximum Gasteiger partial charge on any atom is 0.408 e. The third-order valence-corrected chi connectivity index (χ3v) is 3.26. The zero-order valence-corrected chi connectivity index (χ0v) is 15.5. The summed E-state index contributed by atoms with van der Waals surface area (Å²) in [6.45, 7) is 4.89. The van der Waals surface area contributed by atoms with Crippen molar-refractivity contribution in [1.82, 2.24) is 10.3 Å². The number of carbonyl (C=O) groups excluding carboxylic acids is 1. The van der Waals surface area contributed by atoms with Crippen LogP contribution in [-0.4, -0.2) is 51.4 Å². The molecule has 1 aromatic heterocycles. The van der Waals surface area contributed by atoms with Gasteiger partial charge in [0.25, 0.3) is 0 Å². The van der Waals surface area contributed by atoms with Crippen molar-refractivity contribution in [2.45, 2.75) is 38.8 Å². The van der Waals surface area contributed by atoms with Crippen molar-refractivity contribution in [3.05, 3.63) is 36.0 Å². The number of hydrogen-bond acceptors (Lipinski definition) is 5. The summed E-state index contributed by atoms with van der Waals surface area (Å²) in [5.41, 5.74) is 5.66. The number of hydrogen-bond donors (Lipinski definition) is 5. The Balaban J connectivity index is 0.000000646. The minimum absolute atomic E-state index is 0.179. The van der Waals surface area contributed by atoms with Crippen LogP contribution >= 0.6 is 0 Å². The predicted octanol–water partition coefficient (Wildman–Crippen LogP) is 1.72. The SMILES string of the molecule is CC(C)(C)OC(=O)N[C@@H](Cc1c[nH]c2ccccc12)C(=O)O.NCC(=O)O. The molecule has 0 aliphatic carbocycles. The zero-order chi connectivity index (χ0) is 20.6. The monoisotopic (exact) mass is 379 g/mol. The molecule has 9 heteroatoms. The maximum absolute atomic E-state index is 11.8. The van der Waals surface area contributed by atoms with Crippen LogP contribution in [0.2, 0.25) is 0 Å². The molecule has 0 aliphatic heterocycles. The van der Waals surface area contributed by atoms with Gasteiger partial charge in [0.2, 0.25) is 0 Å². The van der Waals surface area contributed by atoms with Gasteiger partial charge < -0.3 is 31.0 Å². The third kappa shape index (κ3) is 7.78. The molecule has 6 N–H and O–H groups in total. The summed E-state index contributed by atoms with van der Waals surface area (Å²) in [5, 5.41) is 20.3. The van der Waals surface area contributed by atoms with E-state index in [0.717, 1.165) is 16.5 Å². The van der Waals surface area contributed by atoms with Gasteiger partial charge in [0.1, 0.15) is 11.6 Å². The Morgan fingerprint density at radius 3 is 2.33 bits per heavy atom. The molecule has 1 amide bonds. The fraction of sp³-hybridized carbons (Fsp3) is 0.389. The van der Waals surface area contributed by atoms with E-state index in [2.05, 4.69) is 16.0 Å². The standard InChI is InChI=1S/C16H20N2O4.C2H5NO2/c1-16(2,3)22-15(21)18-13(14(19)20)8-10-9-17-12-7-5-4-6-11(10)12;3-1-2(4)5/h4-7,9,13,17H,8H2,1-3H3,(H,18,21)(H,19,20);1,3H2,(H,4,5)/t13-;/m0./s1. The molecule has 2 rings (SSSR count). The van der Waals surface area contributed by atoms with Crippen molar-refractivity contribution in [3.8, 4) is 0 Å². The number of aliphatic carboxylic acids is 2. The molecular formula is C18H25N3O6. The van der Waals surface area contributed by atoms with E-state index in [4.69, 9.17) is 9.84 Å². The molecule has 0 radical (unpaired) electrons. The van der Waals surface area contributed by atoms with Gasteiger partial charge in [-0.3, -0.25) is 4.79 Å². The Morgan fingerprint density at radius 2 is 1.81 bits per heavy atom. The molecule has 0 fully saturated rings. The van der Waals surface area contributed by atoms with Gasteiger partial charge >= 0.3 is 18.0 Å². The van der Waals surface area contributed by atoms with E-state index in [0.29, 0.717) is 0 Å². The van der Waals surface area contributed by atoms with Crippen LogP contribution < -0.4 is 11.1 Å². The molecule has 0 saturated carbocycles. The molecule has 1 atom stereocenters. The number of carboxylic acids is 2. The van der Waals surface area contributed by atoms with Crippen molar-refractivity contribution in [3.63, 3.8) is 0 Å². The Bertz CT molecular complexity index is 794. The number of nitrogens with two attached hydrogens (primary N) is 1. The van der Waals surface area contributed by atoms with E-state index in [-0.39, 0.29) is 13.0 Å². The van der Waals surface area contributed by atoms with Crippen LogP contribution in [0, 0.1) is 0 Å². The van der Waals surface area contributed by atoms with Gasteiger partial charge in [0.05, 0.1) is 6.54 Å². The van der Waals surface area contributed by atoms with Crippen molar-refractivity contribution >= 4 is 28.9 Å². The number of rotatable bonds is 5. The number of ether oxygens (including phenoxy) is 1. The molecule has 0 unspecified atom stereocenters. The van der Waals surface area contributed by atoms with Crippen molar-refractivity contribution in [1.29, 1.82) is 0 Å². The van der Waals surface area contributed by atoms with Gasteiger partial charge in [-0.1, -0.05) is 18.2 Å². The van der Waals surface area contributed by atoms with E-state index < -0.39 is 29.7 Å². The second-order valence-corrected chi connectivity index (χ2v) is 6.70. The number of fused-ring (bicyclic) bond motifs is 1. The number of carboxylic acid groups (broad SMARTS) is 2.